The van der Waals surface area contributed by atoms with Crippen molar-refractivity contribution in [3.05, 3.63) is 40.7 Å². The van der Waals surface area contributed by atoms with Crippen LogP contribution in [0.3, 0.4) is 0 Å². The lowest BCUT2D eigenvalue weighted by Gasteiger charge is -2.39. The summed E-state index contributed by atoms with van der Waals surface area (Å²) in [5, 5.41) is 8.67. The number of hydrogen-bond donors (Lipinski definition) is 3. The van der Waals surface area contributed by atoms with E-state index in [2.05, 4.69) is 29.5 Å². The number of aromatic nitrogens is 1. The third kappa shape index (κ3) is 2.95. The van der Waals surface area contributed by atoms with Gasteiger partial charge in [-0.3, -0.25) is 4.79 Å². The second-order valence-corrected chi connectivity index (χ2v) is 6.58. The quantitative estimate of drug-likeness (QED) is 0.812. The summed E-state index contributed by atoms with van der Waals surface area (Å²) in [5.74, 6) is 0.793. The van der Waals surface area contributed by atoms with Gasteiger partial charge in [-0.1, -0.05) is 32.0 Å². The third-order valence-corrected chi connectivity index (χ3v) is 4.58. The van der Waals surface area contributed by atoms with Gasteiger partial charge in [-0.05, 0) is 42.3 Å². The van der Waals surface area contributed by atoms with Crippen LogP contribution in [-0.4, -0.2) is 24.1 Å². The molecular weight excluding hydrogens is 262 g/mol. The minimum Gasteiger partial charge on any atom is -0.370 e. The number of aromatic amines is 1. The molecule has 2 heterocycles. The highest BCUT2D eigenvalue weighted by Gasteiger charge is 2.31. The molecule has 1 atom stereocenters. The molecule has 1 aliphatic heterocycles. The predicted octanol–water partition coefficient (Wildman–Crippen LogP) is 2.72. The number of fused-ring (bicyclic) bond motifs is 1. The van der Waals surface area contributed by atoms with E-state index in [0.717, 1.165) is 29.7 Å². The number of piperidine rings is 1. The summed E-state index contributed by atoms with van der Waals surface area (Å²) in [6.07, 6.45) is 2.47. The second-order valence-electron chi connectivity index (χ2n) is 6.58. The third-order valence-electron chi connectivity index (χ3n) is 4.58. The van der Waals surface area contributed by atoms with Gasteiger partial charge in [0.15, 0.2) is 0 Å². The van der Waals surface area contributed by atoms with E-state index < -0.39 is 0 Å². The summed E-state index contributed by atoms with van der Waals surface area (Å²) in [6.45, 7) is 6.49. The summed E-state index contributed by atoms with van der Waals surface area (Å²) in [5.41, 5.74) is 0.244. The molecule has 1 unspecified atom stereocenters. The molecule has 1 saturated heterocycles. The minimum absolute atomic E-state index is 0.0357. The van der Waals surface area contributed by atoms with Crippen LogP contribution in [0.1, 0.15) is 26.7 Å². The van der Waals surface area contributed by atoms with E-state index in [9.17, 15) is 4.79 Å². The van der Waals surface area contributed by atoms with Gasteiger partial charge in [0, 0.05) is 18.0 Å². The van der Waals surface area contributed by atoms with E-state index in [1.54, 1.807) is 0 Å². The van der Waals surface area contributed by atoms with Crippen molar-refractivity contribution in [2.45, 2.75) is 32.7 Å². The molecule has 0 radical (unpaired) electrons. The molecule has 1 aromatic carbocycles. The van der Waals surface area contributed by atoms with Crippen molar-refractivity contribution in [3.63, 3.8) is 0 Å². The highest BCUT2D eigenvalue weighted by atomic mass is 16.1. The SMILES string of the molecule is CC1(C)CCCNC1CNc1cc2ccccc2c(=O)[nH]1. The molecule has 1 aliphatic rings. The predicted molar refractivity (Wildman–Crippen MR) is 87.9 cm³/mol. The minimum atomic E-state index is -0.0357. The first kappa shape index (κ1) is 14.1. The van der Waals surface area contributed by atoms with Crippen LogP contribution < -0.4 is 16.2 Å². The Morgan fingerprint density at radius 2 is 2.14 bits per heavy atom. The van der Waals surface area contributed by atoms with Crippen molar-refractivity contribution in [2.75, 3.05) is 18.4 Å². The van der Waals surface area contributed by atoms with Gasteiger partial charge in [-0.25, -0.2) is 0 Å². The van der Waals surface area contributed by atoms with Crippen molar-refractivity contribution >= 4 is 16.6 Å². The molecule has 1 fully saturated rings. The van der Waals surface area contributed by atoms with Gasteiger partial charge in [-0.15, -0.1) is 0 Å². The van der Waals surface area contributed by atoms with Crippen molar-refractivity contribution in [2.24, 2.45) is 5.41 Å². The molecule has 4 heteroatoms. The van der Waals surface area contributed by atoms with Crippen LogP contribution in [0.5, 0.6) is 0 Å². The van der Waals surface area contributed by atoms with Gasteiger partial charge in [0.1, 0.15) is 5.82 Å². The van der Waals surface area contributed by atoms with E-state index in [-0.39, 0.29) is 11.0 Å². The molecule has 4 nitrogen and oxygen atoms in total. The molecule has 0 aliphatic carbocycles. The van der Waals surface area contributed by atoms with Crippen LogP contribution in [0.15, 0.2) is 35.1 Å². The van der Waals surface area contributed by atoms with Gasteiger partial charge < -0.3 is 15.6 Å². The van der Waals surface area contributed by atoms with E-state index in [1.165, 1.54) is 12.8 Å². The van der Waals surface area contributed by atoms with Crippen LogP contribution in [0.4, 0.5) is 5.82 Å². The van der Waals surface area contributed by atoms with Gasteiger partial charge in [-0.2, -0.15) is 0 Å². The van der Waals surface area contributed by atoms with Crippen LogP contribution in [0.25, 0.3) is 10.8 Å². The number of anilines is 1. The fraction of sp³-hybridized carbons (Fsp3) is 0.471. The Hall–Kier alpha value is -1.81. The lowest BCUT2D eigenvalue weighted by atomic mass is 9.77. The average molecular weight is 285 g/mol. The first-order valence-electron chi connectivity index (χ1n) is 7.66. The van der Waals surface area contributed by atoms with Crippen LogP contribution >= 0.6 is 0 Å². The first-order valence-corrected chi connectivity index (χ1v) is 7.66. The van der Waals surface area contributed by atoms with Gasteiger partial charge in [0.25, 0.3) is 5.56 Å². The van der Waals surface area contributed by atoms with Crippen molar-refractivity contribution in [1.82, 2.24) is 10.3 Å². The molecular formula is C17H23N3O. The monoisotopic (exact) mass is 285 g/mol. The number of rotatable bonds is 3. The van der Waals surface area contributed by atoms with Crippen molar-refractivity contribution in [3.8, 4) is 0 Å². The van der Waals surface area contributed by atoms with Crippen molar-refractivity contribution in [1.29, 1.82) is 0 Å². The Balaban J connectivity index is 1.78. The van der Waals surface area contributed by atoms with Crippen LogP contribution in [0, 0.1) is 5.41 Å². The molecule has 2 aromatic rings. The lowest BCUT2D eigenvalue weighted by Crippen LogP contribution is -2.50. The number of pyridine rings is 1. The van der Waals surface area contributed by atoms with Crippen LogP contribution in [0.2, 0.25) is 0 Å². The number of benzene rings is 1. The molecule has 0 amide bonds. The van der Waals surface area contributed by atoms with Gasteiger partial charge in [0.2, 0.25) is 0 Å². The highest BCUT2D eigenvalue weighted by molar-refractivity contribution is 5.83. The topological polar surface area (TPSA) is 56.9 Å². The Morgan fingerprint density at radius 3 is 2.95 bits per heavy atom. The summed E-state index contributed by atoms with van der Waals surface area (Å²) < 4.78 is 0. The largest absolute Gasteiger partial charge is 0.370 e. The van der Waals surface area contributed by atoms with E-state index in [4.69, 9.17) is 0 Å². The average Bonchev–Trinajstić information content (AvgIpc) is 2.46. The molecule has 3 N–H and O–H groups in total. The first-order chi connectivity index (χ1) is 10.1. The van der Waals surface area contributed by atoms with E-state index in [0.29, 0.717) is 6.04 Å². The second kappa shape index (κ2) is 5.53. The van der Waals surface area contributed by atoms with Crippen molar-refractivity contribution < 1.29 is 0 Å². The Morgan fingerprint density at radius 1 is 1.33 bits per heavy atom. The lowest BCUT2D eigenvalue weighted by molar-refractivity contribution is 0.188. The zero-order valence-corrected chi connectivity index (χ0v) is 12.7. The highest BCUT2D eigenvalue weighted by Crippen LogP contribution is 2.30. The Kier molecular flexibility index (Phi) is 3.72. The fourth-order valence-electron chi connectivity index (χ4n) is 3.14. The zero-order chi connectivity index (χ0) is 14.9. The molecule has 0 spiro atoms. The maximum atomic E-state index is 12.1. The van der Waals surface area contributed by atoms with Gasteiger partial charge in [0.05, 0.1) is 0 Å². The Bertz CT molecular complexity index is 690. The summed E-state index contributed by atoms with van der Waals surface area (Å²) >= 11 is 0. The summed E-state index contributed by atoms with van der Waals surface area (Å²) in [7, 11) is 0. The Labute approximate surface area is 125 Å². The van der Waals surface area contributed by atoms with Gasteiger partial charge >= 0.3 is 0 Å². The number of hydrogen-bond acceptors (Lipinski definition) is 3. The molecule has 112 valence electrons. The molecule has 3 rings (SSSR count). The zero-order valence-electron chi connectivity index (χ0n) is 12.7. The number of H-pyrrole nitrogens is 1. The standard InChI is InChI=1S/C17H23N3O/c1-17(2)8-5-9-18-14(17)11-19-15-10-12-6-3-4-7-13(12)16(21)20-15/h3-4,6-7,10,14,18H,5,8-9,11H2,1-2H3,(H2,19,20,21). The van der Waals surface area contributed by atoms with Crippen LogP contribution in [-0.2, 0) is 0 Å². The number of nitrogens with one attached hydrogen (secondary N) is 3. The smallest absolute Gasteiger partial charge is 0.257 e. The normalized spacial score (nSPS) is 21.3. The van der Waals surface area contributed by atoms with E-state index in [1.807, 2.05) is 30.3 Å². The fourth-order valence-corrected chi connectivity index (χ4v) is 3.14. The molecule has 0 bridgehead atoms. The molecule has 0 saturated carbocycles. The molecule has 1 aromatic heterocycles. The maximum absolute atomic E-state index is 12.1. The molecule has 21 heavy (non-hydrogen) atoms. The summed E-state index contributed by atoms with van der Waals surface area (Å²) in [4.78, 5) is 15.0. The van der Waals surface area contributed by atoms with E-state index >= 15 is 0 Å². The summed E-state index contributed by atoms with van der Waals surface area (Å²) in [6, 6.07) is 10.1. The maximum Gasteiger partial charge on any atom is 0.257 e.